The van der Waals surface area contributed by atoms with Crippen molar-refractivity contribution in [2.75, 3.05) is 6.54 Å². The number of pyridine rings is 1. The fourth-order valence-corrected chi connectivity index (χ4v) is 4.18. The van der Waals surface area contributed by atoms with E-state index < -0.39 is 0 Å². The molecule has 0 atom stereocenters. The molecule has 2 aromatic carbocycles. The molecule has 4 aromatic rings. The molecule has 5 rings (SSSR count). The van der Waals surface area contributed by atoms with Gasteiger partial charge in [0.2, 0.25) is 0 Å². The van der Waals surface area contributed by atoms with Gasteiger partial charge in [0.15, 0.2) is 0 Å². The summed E-state index contributed by atoms with van der Waals surface area (Å²) in [5.41, 5.74) is 4.67. The van der Waals surface area contributed by atoms with Crippen molar-refractivity contribution in [3.63, 3.8) is 0 Å². The second kappa shape index (κ2) is 5.42. The highest BCUT2D eigenvalue weighted by Gasteiger charge is 2.14. The molecule has 1 aliphatic heterocycles. The highest BCUT2D eigenvalue weighted by atomic mass is 79.9. The van der Waals surface area contributed by atoms with Crippen LogP contribution in [-0.2, 0) is 0 Å². The predicted molar refractivity (Wildman–Crippen MR) is 103 cm³/mol. The Kier molecular flexibility index (Phi) is 3.20. The average molecular weight is 378 g/mol. The Hall–Kier alpha value is -2.20. The quantitative estimate of drug-likeness (QED) is 0.409. The molecule has 0 saturated carbocycles. The zero-order valence-corrected chi connectivity index (χ0v) is 14.8. The number of rotatable bonds is 1. The molecular formula is C20H16BrN3. The molecule has 0 unspecified atom stereocenters. The van der Waals surface area contributed by atoms with Gasteiger partial charge in [-0.05, 0) is 58.3 Å². The van der Waals surface area contributed by atoms with E-state index in [0.29, 0.717) is 0 Å². The summed E-state index contributed by atoms with van der Waals surface area (Å²) in [6, 6.07) is 15.2. The summed E-state index contributed by atoms with van der Waals surface area (Å²) in [7, 11) is 0. The molecule has 2 aromatic heterocycles. The Bertz CT molecular complexity index is 1120. The van der Waals surface area contributed by atoms with Crippen molar-refractivity contribution < 1.29 is 0 Å². The summed E-state index contributed by atoms with van der Waals surface area (Å²) in [5.74, 6) is 0. The van der Waals surface area contributed by atoms with E-state index in [-0.39, 0.29) is 0 Å². The minimum atomic E-state index is 0.959. The maximum Gasteiger partial charge on any atom is 0.146 e. The molecule has 0 bridgehead atoms. The molecule has 0 radical (unpaired) electrons. The summed E-state index contributed by atoms with van der Waals surface area (Å²) in [4.78, 5) is 9.35. The van der Waals surface area contributed by atoms with Gasteiger partial charge in [-0.3, -0.25) is 9.39 Å². The lowest BCUT2D eigenvalue weighted by Crippen LogP contribution is -2.07. The maximum absolute atomic E-state index is 4.74. The van der Waals surface area contributed by atoms with Gasteiger partial charge in [-0.25, -0.2) is 4.98 Å². The molecule has 24 heavy (non-hydrogen) atoms. The molecule has 1 aliphatic rings. The highest BCUT2D eigenvalue weighted by molar-refractivity contribution is 9.10. The number of imidazole rings is 1. The first kappa shape index (κ1) is 14.2. The van der Waals surface area contributed by atoms with Crippen molar-refractivity contribution >= 4 is 49.0 Å². The predicted octanol–water partition coefficient (Wildman–Crippen LogP) is 5.38. The summed E-state index contributed by atoms with van der Waals surface area (Å²) in [5, 5.41) is 3.68. The van der Waals surface area contributed by atoms with E-state index in [1.54, 1.807) is 0 Å². The van der Waals surface area contributed by atoms with Gasteiger partial charge >= 0.3 is 0 Å². The van der Waals surface area contributed by atoms with Crippen LogP contribution in [0.4, 0.5) is 0 Å². The normalized spacial score (nSPS) is 15.3. The van der Waals surface area contributed by atoms with Crippen LogP contribution in [-0.4, -0.2) is 21.6 Å². The van der Waals surface area contributed by atoms with Crippen LogP contribution < -0.4 is 0 Å². The van der Waals surface area contributed by atoms with Gasteiger partial charge in [-0.2, -0.15) is 0 Å². The van der Waals surface area contributed by atoms with Crippen molar-refractivity contribution in [1.29, 1.82) is 0 Å². The third-order valence-electron chi connectivity index (χ3n) is 4.87. The van der Waals surface area contributed by atoms with Crippen LogP contribution in [0.3, 0.4) is 0 Å². The van der Waals surface area contributed by atoms with Gasteiger partial charge in [0.25, 0.3) is 0 Å². The summed E-state index contributed by atoms with van der Waals surface area (Å²) in [6.07, 6.45) is 5.41. The molecule has 3 nitrogen and oxygen atoms in total. The zero-order chi connectivity index (χ0) is 16.1. The van der Waals surface area contributed by atoms with Crippen LogP contribution in [0.15, 0.2) is 58.3 Å². The summed E-state index contributed by atoms with van der Waals surface area (Å²) >= 11 is 3.65. The largest absolute Gasteiger partial charge is 0.289 e. The summed E-state index contributed by atoms with van der Waals surface area (Å²) < 4.78 is 3.17. The zero-order valence-electron chi connectivity index (χ0n) is 13.2. The van der Waals surface area contributed by atoms with Crippen LogP contribution in [0.1, 0.15) is 24.8 Å². The van der Waals surface area contributed by atoms with Crippen LogP contribution in [0.25, 0.3) is 27.3 Å². The molecule has 0 N–H and O–H groups in total. The third-order valence-corrected chi connectivity index (χ3v) is 5.43. The van der Waals surface area contributed by atoms with Gasteiger partial charge in [0.1, 0.15) is 10.3 Å². The Morgan fingerprint density at radius 2 is 1.83 bits per heavy atom. The second-order valence-electron chi connectivity index (χ2n) is 6.30. The molecule has 4 heteroatoms. The first-order valence-corrected chi connectivity index (χ1v) is 9.13. The lowest BCUT2D eigenvalue weighted by atomic mass is 9.98. The number of hydrogen-bond acceptors (Lipinski definition) is 2. The lowest BCUT2D eigenvalue weighted by molar-refractivity contribution is 0.739. The van der Waals surface area contributed by atoms with E-state index >= 15 is 0 Å². The Labute approximate surface area is 148 Å². The number of fused-ring (bicyclic) bond motifs is 6. The van der Waals surface area contributed by atoms with Crippen molar-refractivity contribution in [2.24, 2.45) is 4.99 Å². The molecular weight excluding hydrogens is 362 g/mol. The van der Waals surface area contributed by atoms with Crippen molar-refractivity contribution in [1.82, 2.24) is 9.38 Å². The number of nitrogens with zero attached hydrogens (tertiary/aromatic N) is 3. The van der Waals surface area contributed by atoms with Crippen molar-refractivity contribution in [2.45, 2.75) is 19.3 Å². The Balaban J connectivity index is 1.92. The number of hydrogen-bond donors (Lipinski definition) is 0. The smallest absolute Gasteiger partial charge is 0.146 e. The topological polar surface area (TPSA) is 29.7 Å². The van der Waals surface area contributed by atoms with Crippen molar-refractivity contribution in [3.05, 3.63) is 58.8 Å². The van der Waals surface area contributed by atoms with E-state index in [2.05, 4.69) is 67.8 Å². The number of aliphatic imine (C=N–C) groups is 1. The van der Waals surface area contributed by atoms with E-state index in [1.165, 1.54) is 45.8 Å². The SMILES string of the molecule is Brc1cnc2c3ccccc3c3cc(C4=NCCCC4)ccc3n12. The van der Waals surface area contributed by atoms with Gasteiger partial charge in [0, 0.05) is 23.0 Å². The molecule has 3 heterocycles. The van der Waals surface area contributed by atoms with E-state index in [1.807, 2.05) is 6.20 Å². The fourth-order valence-electron chi connectivity index (χ4n) is 3.72. The van der Waals surface area contributed by atoms with E-state index in [4.69, 9.17) is 4.99 Å². The van der Waals surface area contributed by atoms with Crippen LogP contribution >= 0.6 is 15.9 Å². The molecule has 0 saturated heterocycles. The Morgan fingerprint density at radius 3 is 2.67 bits per heavy atom. The van der Waals surface area contributed by atoms with E-state index in [9.17, 15) is 0 Å². The van der Waals surface area contributed by atoms with Crippen molar-refractivity contribution in [3.8, 4) is 0 Å². The molecule has 0 spiro atoms. The first-order chi connectivity index (χ1) is 11.8. The number of aromatic nitrogens is 2. The number of benzene rings is 2. The minimum Gasteiger partial charge on any atom is -0.289 e. The lowest BCUT2D eigenvalue weighted by Gasteiger charge is -2.14. The average Bonchev–Trinajstić information content (AvgIpc) is 3.04. The van der Waals surface area contributed by atoms with Gasteiger partial charge in [0.05, 0.1) is 11.7 Å². The Morgan fingerprint density at radius 1 is 0.958 bits per heavy atom. The van der Waals surface area contributed by atoms with Crippen LogP contribution in [0, 0.1) is 0 Å². The fraction of sp³-hybridized carbons (Fsp3) is 0.200. The van der Waals surface area contributed by atoms with Gasteiger partial charge in [-0.15, -0.1) is 0 Å². The monoisotopic (exact) mass is 377 g/mol. The summed E-state index contributed by atoms with van der Waals surface area (Å²) in [6.45, 7) is 0.959. The van der Waals surface area contributed by atoms with Crippen LogP contribution in [0.2, 0.25) is 0 Å². The van der Waals surface area contributed by atoms with Crippen LogP contribution in [0.5, 0.6) is 0 Å². The standard InChI is InChI=1S/C20H16BrN3/c21-19-12-23-20-15-6-2-1-5-14(15)16-11-13(8-9-18(16)24(19)20)17-7-3-4-10-22-17/h1-2,5-6,8-9,11-12H,3-4,7,10H2. The van der Waals surface area contributed by atoms with E-state index in [0.717, 1.165) is 23.2 Å². The second-order valence-corrected chi connectivity index (χ2v) is 7.12. The minimum absolute atomic E-state index is 0.959. The maximum atomic E-state index is 4.74. The van der Waals surface area contributed by atoms with Gasteiger partial charge < -0.3 is 0 Å². The van der Waals surface area contributed by atoms with Gasteiger partial charge in [-0.1, -0.05) is 30.3 Å². The molecule has 118 valence electrons. The molecule has 0 amide bonds. The number of halogens is 1. The molecule has 0 fully saturated rings. The molecule has 0 aliphatic carbocycles. The first-order valence-electron chi connectivity index (χ1n) is 8.34. The third kappa shape index (κ3) is 2.02. The highest BCUT2D eigenvalue weighted by Crippen LogP contribution is 2.32.